The zero-order valence-electron chi connectivity index (χ0n) is 10.9. The summed E-state index contributed by atoms with van der Waals surface area (Å²) in [5.41, 5.74) is -0.889. The average molecular weight is 333 g/mol. The van der Waals surface area contributed by atoms with Crippen molar-refractivity contribution in [1.29, 1.82) is 0 Å². The fraction of sp³-hybridized carbons (Fsp3) is 0.545. The van der Waals surface area contributed by atoms with E-state index in [2.05, 4.69) is 4.98 Å². The van der Waals surface area contributed by atoms with Gasteiger partial charge in [0, 0.05) is 17.6 Å². The second-order valence-electron chi connectivity index (χ2n) is 4.99. The molecule has 0 bridgehead atoms. The van der Waals surface area contributed by atoms with Crippen LogP contribution < -0.4 is 4.72 Å². The Bertz CT molecular complexity index is 478. The third kappa shape index (κ3) is 4.47. The van der Waals surface area contributed by atoms with Gasteiger partial charge in [-0.2, -0.15) is 13.2 Å². The molecule has 1 heterocycles. The van der Waals surface area contributed by atoms with Gasteiger partial charge < -0.3 is 4.55 Å². The molecule has 0 saturated heterocycles. The van der Waals surface area contributed by atoms with Gasteiger partial charge in [-0.05, 0) is 26.8 Å². The SMILES string of the molecule is CC(C)(C)[S@+]([O-])NC(c1ncc(Cl)cc1F)C(F)(F)F. The highest BCUT2D eigenvalue weighted by atomic mass is 35.5. The van der Waals surface area contributed by atoms with Crippen molar-refractivity contribution in [2.45, 2.75) is 37.7 Å². The van der Waals surface area contributed by atoms with Crippen molar-refractivity contribution < 1.29 is 22.1 Å². The topological polar surface area (TPSA) is 48.0 Å². The molecule has 20 heavy (non-hydrogen) atoms. The van der Waals surface area contributed by atoms with Gasteiger partial charge in [-0.25, -0.2) is 4.39 Å². The van der Waals surface area contributed by atoms with Crippen LogP contribution in [-0.4, -0.2) is 20.5 Å². The third-order valence-corrected chi connectivity index (χ3v) is 3.99. The van der Waals surface area contributed by atoms with Crippen molar-refractivity contribution in [3.63, 3.8) is 0 Å². The highest BCUT2D eigenvalue weighted by molar-refractivity contribution is 7.90. The fourth-order valence-corrected chi connectivity index (χ4v) is 2.16. The van der Waals surface area contributed by atoms with Crippen molar-refractivity contribution in [1.82, 2.24) is 9.71 Å². The fourth-order valence-electron chi connectivity index (χ4n) is 1.20. The number of nitrogens with one attached hydrogen (secondary N) is 1. The van der Waals surface area contributed by atoms with E-state index in [9.17, 15) is 22.1 Å². The first-order valence-corrected chi connectivity index (χ1v) is 7.01. The molecule has 3 nitrogen and oxygen atoms in total. The van der Waals surface area contributed by atoms with Gasteiger partial charge in [0.25, 0.3) is 0 Å². The maximum atomic E-state index is 13.6. The summed E-state index contributed by atoms with van der Waals surface area (Å²) in [7, 11) is 0. The Morgan fingerprint density at radius 3 is 2.30 bits per heavy atom. The summed E-state index contributed by atoms with van der Waals surface area (Å²) >= 11 is 3.41. The van der Waals surface area contributed by atoms with E-state index >= 15 is 0 Å². The van der Waals surface area contributed by atoms with Crippen LogP contribution in [0.15, 0.2) is 12.3 Å². The van der Waals surface area contributed by atoms with Crippen LogP contribution in [0.5, 0.6) is 0 Å². The Balaban J connectivity index is 3.14. The van der Waals surface area contributed by atoms with E-state index < -0.39 is 39.8 Å². The number of hydrogen-bond acceptors (Lipinski definition) is 3. The van der Waals surface area contributed by atoms with E-state index in [1.807, 2.05) is 4.72 Å². The summed E-state index contributed by atoms with van der Waals surface area (Å²) in [4.78, 5) is 3.36. The smallest absolute Gasteiger partial charge is 0.413 e. The molecule has 2 atom stereocenters. The molecule has 1 unspecified atom stereocenters. The van der Waals surface area contributed by atoms with Gasteiger partial charge in [-0.3, -0.25) is 4.98 Å². The first kappa shape index (κ1) is 17.5. The van der Waals surface area contributed by atoms with Crippen LogP contribution >= 0.6 is 11.6 Å². The Kier molecular flexibility index (Phi) is 5.29. The molecule has 1 aromatic rings. The summed E-state index contributed by atoms with van der Waals surface area (Å²) < 4.78 is 65.3. The van der Waals surface area contributed by atoms with Gasteiger partial charge >= 0.3 is 6.18 Å². The molecule has 114 valence electrons. The molecule has 1 aromatic heterocycles. The van der Waals surface area contributed by atoms with Crippen LogP contribution in [0.25, 0.3) is 0 Å². The first-order valence-electron chi connectivity index (χ1n) is 5.48. The molecule has 0 radical (unpaired) electrons. The molecule has 9 heteroatoms. The molecule has 0 aliphatic rings. The van der Waals surface area contributed by atoms with Gasteiger partial charge in [0.15, 0.2) is 6.04 Å². The van der Waals surface area contributed by atoms with Gasteiger partial charge in [0.2, 0.25) is 0 Å². The maximum Gasteiger partial charge on any atom is 0.413 e. The number of aromatic nitrogens is 1. The lowest BCUT2D eigenvalue weighted by molar-refractivity contribution is -0.154. The lowest BCUT2D eigenvalue weighted by Crippen LogP contribution is -2.46. The van der Waals surface area contributed by atoms with Gasteiger partial charge in [0.05, 0.1) is 5.02 Å². The maximum absolute atomic E-state index is 13.6. The number of nitrogens with zero attached hydrogens (tertiary/aromatic N) is 1. The van der Waals surface area contributed by atoms with E-state index in [1.165, 1.54) is 20.8 Å². The minimum Gasteiger partial charge on any atom is -0.598 e. The molecule has 0 fully saturated rings. The average Bonchev–Trinajstić information content (AvgIpc) is 2.23. The molecule has 0 amide bonds. The molecule has 0 aromatic carbocycles. The Hall–Kier alpha value is -0.570. The summed E-state index contributed by atoms with van der Waals surface area (Å²) in [5, 5.41) is -0.121. The first-order chi connectivity index (χ1) is 8.93. The van der Waals surface area contributed by atoms with Crippen molar-refractivity contribution in [3.8, 4) is 0 Å². The molecular formula is C11H13ClF4N2OS. The van der Waals surface area contributed by atoms with Gasteiger partial charge in [-0.15, -0.1) is 4.72 Å². The van der Waals surface area contributed by atoms with E-state index in [0.29, 0.717) is 0 Å². The number of halogens is 5. The van der Waals surface area contributed by atoms with Crippen LogP contribution in [0.2, 0.25) is 5.02 Å². The lowest BCUT2D eigenvalue weighted by atomic mass is 10.2. The van der Waals surface area contributed by atoms with Gasteiger partial charge in [0.1, 0.15) is 16.3 Å². The highest BCUT2D eigenvalue weighted by Crippen LogP contribution is 2.35. The molecule has 0 spiro atoms. The number of rotatable bonds is 3. The zero-order valence-corrected chi connectivity index (χ0v) is 12.5. The summed E-state index contributed by atoms with van der Waals surface area (Å²) in [6, 6.07) is -1.75. The quantitative estimate of drug-likeness (QED) is 0.680. The number of alkyl halides is 3. The standard InChI is InChI=1S/C11H13ClF4N2OS/c1-10(2,3)20(19)18-9(11(14,15)16)8-7(13)4-6(12)5-17-8/h4-5,9,18H,1-3H3/t9?,20-/m0/s1. The predicted octanol–water partition coefficient (Wildman–Crippen LogP) is 3.53. The minimum atomic E-state index is -4.84. The second-order valence-corrected chi connectivity index (χ2v) is 7.43. The van der Waals surface area contributed by atoms with Crippen molar-refractivity contribution in [3.05, 3.63) is 28.8 Å². The van der Waals surface area contributed by atoms with Crippen LogP contribution in [0, 0.1) is 5.82 Å². The normalized spacial score (nSPS) is 16.1. The Labute approximate surface area is 122 Å². The molecule has 1 N–H and O–H groups in total. The van der Waals surface area contributed by atoms with E-state index in [1.54, 1.807) is 0 Å². The van der Waals surface area contributed by atoms with Crippen molar-refractivity contribution in [2.75, 3.05) is 0 Å². The van der Waals surface area contributed by atoms with Gasteiger partial charge in [-0.1, -0.05) is 11.6 Å². The minimum absolute atomic E-state index is 0.121. The van der Waals surface area contributed by atoms with Crippen molar-refractivity contribution >= 4 is 23.0 Å². The summed E-state index contributed by atoms with van der Waals surface area (Å²) in [6.45, 7) is 4.49. The van der Waals surface area contributed by atoms with E-state index in [0.717, 1.165) is 12.3 Å². The number of hydrogen-bond donors (Lipinski definition) is 1. The van der Waals surface area contributed by atoms with Crippen LogP contribution in [0.1, 0.15) is 32.5 Å². The molecular weight excluding hydrogens is 320 g/mol. The summed E-state index contributed by atoms with van der Waals surface area (Å²) in [6.07, 6.45) is -3.94. The largest absolute Gasteiger partial charge is 0.598 e. The van der Waals surface area contributed by atoms with E-state index in [4.69, 9.17) is 11.6 Å². The third-order valence-electron chi connectivity index (χ3n) is 2.22. The lowest BCUT2D eigenvalue weighted by Gasteiger charge is -2.28. The van der Waals surface area contributed by atoms with Crippen LogP contribution in [-0.2, 0) is 11.4 Å². The zero-order chi connectivity index (χ0) is 15.7. The molecule has 0 aliphatic heterocycles. The van der Waals surface area contributed by atoms with Crippen molar-refractivity contribution in [2.24, 2.45) is 0 Å². The predicted molar refractivity (Wildman–Crippen MR) is 69.0 cm³/mol. The van der Waals surface area contributed by atoms with Crippen LogP contribution in [0.3, 0.4) is 0 Å². The Morgan fingerprint density at radius 1 is 1.35 bits per heavy atom. The Morgan fingerprint density at radius 2 is 1.90 bits per heavy atom. The number of pyridine rings is 1. The monoisotopic (exact) mass is 332 g/mol. The molecule has 1 rings (SSSR count). The van der Waals surface area contributed by atoms with E-state index in [-0.39, 0.29) is 5.02 Å². The second kappa shape index (κ2) is 6.05. The van der Waals surface area contributed by atoms with Crippen LogP contribution in [0.4, 0.5) is 17.6 Å². The highest BCUT2D eigenvalue weighted by Gasteiger charge is 2.47. The molecule has 0 aliphatic carbocycles. The molecule has 0 saturated carbocycles. The summed E-state index contributed by atoms with van der Waals surface area (Å²) in [5.74, 6) is -1.21.